The van der Waals surface area contributed by atoms with Gasteiger partial charge in [0.2, 0.25) is 35.4 Å². The molecule has 60 heavy (non-hydrogen) atoms. The van der Waals surface area contributed by atoms with Crippen LogP contribution in [0.15, 0.2) is 40.3 Å². The van der Waals surface area contributed by atoms with Crippen LogP contribution in [-0.4, -0.2) is 138 Å². The van der Waals surface area contributed by atoms with Crippen LogP contribution in [0.5, 0.6) is 0 Å². The Kier molecular flexibility index (Phi) is 22.3. The summed E-state index contributed by atoms with van der Waals surface area (Å²) in [5.74, 6) is -7.82. The first kappa shape index (κ1) is 50.0. The minimum Gasteiger partial charge on any atom is -0.481 e. The molecule has 1 aliphatic heterocycles. The van der Waals surface area contributed by atoms with Crippen LogP contribution in [0.3, 0.4) is 0 Å². The quantitative estimate of drug-likeness (QED) is 0.0172. The predicted molar refractivity (Wildman–Crippen MR) is 222 cm³/mol. The number of thiol groups is 1. The summed E-state index contributed by atoms with van der Waals surface area (Å²) < 4.78 is 0. The van der Waals surface area contributed by atoms with Crippen LogP contribution in [0.1, 0.15) is 56.9 Å². The Balaban J connectivity index is 2.27. The Labute approximate surface area is 351 Å². The molecule has 6 atom stereocenters. The Bertz CT molecular complexity index is 1690. The molecule has 1 aromatic rings. The van der Waals surface area contributed by atoms with Crippen molar-refractivity contribution >= 4 is 71.9 Å². The first-order chi connectivity index (χ1) is 28.5. The maximum Gasteiger partial charge on any atom is 0.326 e. The molecule has 23 nitrogen and oxygen atoms in total. The smallest absolute Gasteiger partial charge is 0.326 e. The van der Waals surface area contributed by atoms with Crippen molar-refractivity contribution in [2.45, 2.75) is 94.0 Å². The topological polar surface area (TPSA) is 390 Å². The third-order valence-corrected chi connectivity index (χ3v) is 9.33. The molecular formula is C36H57N13O10S. The average molecular weight is 864 g/mol. The predicted octanol–water partition coefficient (Wildman–Crippen LogP) is -4.49. The fourth-order valence-corrected chi connectivity index (χ4v) is 6.11. The third kappa shape index (κ3) is 19.5. The molecule has 0 spiro atoms. The molecule has 0 saturated carbocycles. The van der Waals surface area contributed by atoms with Gasteiger partial charge in [0.25, 0.3) is 0 Å². The minimum absolute atomic E-state index is 0.0552. The van der Waals surface area contributed by atoms with Gasteiger partial charge in [0.05, 0.1) is 12.6 Å². The van der Waals surface area contributed by atoms with E-state index in [1.54, 1.807) is 30.3 Å². The molecule has 1 saturated heterocycles. The summed E-state index contributed by atoms with van der Waals surface area (Å²) >= 11 is 4.27. The SMILES string of the molecule is NC(N)=NCCC[C@H](NC(=O)[C@@H]1CCCN1)C(=O)N[C@@H](CS)C(=O)N[C@H](Cc1ccccc1)C(=O)N[C@H](CCCN=C(N)N)C(=O)NCC(=O)N[C@@H](CCC(=O)O)C(=O)O. The lowest BCUT2D eigenvalue weighted by molar-refractivity contribution is -0.143. The second-order valence-electron chi connectivity index (χ2n) is 13.8. The van der Waals surface area contributed by atoms with Crippen molar-refractivity contribution in [2.24, 2.45) is 32.9 Å². The second-order valence-corrected chi connectivity index (χ2v) is 14.1. The fourth-order valence-electron chi connectivity index (χ4n) is 5.86. The molecule has 1 aromatic carbocycles. The summed E-state index contributed by atoms with van der Waals surface area (Å²) in [4.78, 5) is 110. The summed E-state index contributed by atoms with van der Waals surface area (Å²) in [7, 11) is 0. The number of carboxylic acids is 2. The standard InChI is InChI=1S/C36H57N13O10S/c37-35(38)42-15-5-10-22(29(53)44-18-27(50)45-24(34(58)59)12-13-28(51)52)46-32(56)25(17-20-7-2-1-3-8-20)48-33(57)26(19-60)49-31(55)23(11-6-16-43-36(39)40)47-30(54)21-9-4-14-41-21/h1-3,7-8,21-26,41,60H,4-6,9-19H2,(H,44,53)(H,45,50)(H,46,56)(H,47,54)(H,48,57)(H,49,55)(H,51,52)(H,58,59)(H4,37,38,42)(H4,39,40,43)/t21-,22+,23-,24-,25+,26-/m0/s1. The number of aliphatic imine (C=N–C) groups is 2. The molecule has 24 heteroatoms. The third-order valence-electron chi connectivity index (χ3n) is 8.97. The van der Waals surface area contributed by atoms with E-state index in [0.29, 0.717) is 24.9 Å². The van der Waals surface area contributed by atoms with E-state index >= 15 is 0 Å². The van der Waals surface area contributed by atoms with Gasteiger partial charge in [-0.05, 0) is 57.1 Å². The highest BCUT2D eigenvalue weighted by Crippen LogP contribution is 2.09. The first-order valence-corrected chi connectivity index (χ1v) is 19.9. The van der Waals surface area contributed by atoms with Gasteiger partial charge in [-0.25, -0.2) is 4.79 Å². The van der Waals surface area contributed by atoms with Gasteiger partial charge in [-0.15, -0.1) is 0 Å². The zero-order chi connectivity index (χ0) is 44.6. The Hall–Kier alpha value is -6.17. The van der Waals surface area contributed by atoms with E-state index < -0.39 is 103 Å². The molecule has 6 amide bonds. The highest BCUT2D eigenvalue weighted by Gasteiger charge is 2.33. The van der Waals surface area contributed by atoms with Crippen molar-refractivity contribution in [3.05, 3.63) is 35.9 Å². The number of carboxylic acid groups (broad SMARTS) is 2. The number of rotatable bonds is 27. The normalized spacial score (nSPS) is 15.7. The lowest BCUT2D eigenvalue weighted by Crippen LogP contribution is -2.59. The number of hydrogen-bond donors (Lipinski definition) is 14. The van der Waals surface area contributed by atoms with Crippen LogP contribution in [0.4, 0.5) is 0 Å². The van der Waals surface area contributed by atoms with E-state index in [9.17, 15) is 43.5 Å². The van der Waals surface area contributed by atoms with Gasteiger partial charge in [-0.3, -0.25) is 43.5 Å². The number of nitrogens with two attached hydrogens (primary N) is 4. The van der Waals surface area contributed by atoms with E-state index in [1.165, 1.54) is 0 Å². The number of guanidine groups is 2. The van der Waals surface area contributed by atoms with Crippen LogP contribution in [-0.2, 0) is 44.8 Å². The lowest BCUT2D eigenvalue weighted by atomic mass is 10.0. The van der Waals surface area contributed by atoms with E-state index in [1.807, 2.05) is 0 Å². The van der Waals surface area contributed by atoms with Crippen LogP contribution >= 0.6 is 12.6 Å². The van der Waals surface area contributed by atoms with E-state index in [-0.39, 0.29) is 56.4 Å². The van der Waals surface area contributed by atoms with Crippen LogP contribution < -0.4 is 60.2 Å². The number of aliphatic carboxylic acids is 2. The molecule has 0 bridgehead atoms. The number of carbonyl (C=O) groups is 8. The largest absolute Gasteiger partial charge is 0.481 e. The zero-order valence-electron chi connectivity index (χ0n) is 33.1. The summed E-state index contributed by atoms with van der Waals surface area (Å²) in [6, 6.07) is 1.54. The number of amides is 6. The molecule has 1 aliphatic rings. The van der Waals surface area contributed by atoms with E-state index in [0.717, 1.165) is 6.42 Å². The second kappa shape index (κ2) is 26.8. The maximum atomic E-state index is 14.0. The number of nitrogens with zero attached hydrogens (tertiary/aromatic N) is 2. The molecular weight excluding hydrogens is 807 g/mol. The summed E-state index contributed by atoms with van der Waals surface area (Å²) in [6.45, 7) is 0.159. The summed E-state index contributed by atoms with van der Waals surface area (Å²) in [5.41, 5.74) is 22.3. The van der Waals surface area contributed by atoms with Crippen molar-refractivity contribution in [3.63, 3.8) is 0 Å². The van der Waals surface area contributed by atoms with Gasteiger partial charge in [0.15, 0.2) is 11.9 Å². The van der Waals surface area contributed by atoms with E-state index in [2.05, 4.69) is 59.8 Å². The number of nitrogens with one attached hydrogen (secondary N) is 7. The summed E-state index contributed by atoms with van der Waals surface area (Å²) in [5, 5.41) is 36.4. The van der Waals surface area contributed by atoms with Crippen molar-refractivity contribution in [1.82, 2.24) is 37.2 Å². The van der Waals surface area contributed by atoms with Gasteiger partial charge in [0.1, 0.15) is 30.2 Å². The Morgan fingerprint density at radius 2 is 1.27 bits per heavy atom. The number of carbonyl (C=O) groups excluding carboxylic acids is 6. The molecule has 17 N–H and O–H groups in total. The molecule has 0 unspecified atom stereocenters. The van der Waals surface area contributed by atoms with Gasteiger partial charge >= 0.3 is 11.9 Å². The van der Waals surface area contributed by atoms with Gasteiger partial charge < -0.3 is 70.4 Å². The lowest BCUT2D eigenvalue weighted by Gasteiger charge is -2.26. The van der Waals surface area contributed by atoms with Gasteiger partial charge in [-0.2, -0.15) is 12.6 Å². The molecule has 0 aliphatic carbocycles. The minimum atomic E-state index is -1.54. The highest BCUT2D eigenvalue weighted by molar-refractivity contribution is 7.80. The number of hydrogen-bond acceptors (Lipinski definition) is 12. The van der Waals surface area contributed by atoms with Crippen molar-refractivity contribution < 1.29 is 48.6 Å². The molecule has 0 aromatic heterocycles. The summed E-state index contributed by atoms with van der Waals surface area (Å²) in [6.07, 6.45) is 0.908. The number of benzene rings is 1. The van der Waals surface area contributed by atoms with Crippen molar-refractivity contribution in [2.75, 3.05) is 31.9 Å². The first-order valence-electron chi connectivity index (χ1n) is 19.2. The Morgan fingerprint density at radius 1 is 0.717 bits per heavy atom. The zero-order valence-corrected chi connectivity index (χ0v) is 34.0. The molecule has 0 radical (unpaired) electrons. The van der Waals surface area contributed by atoms with Crippen molar-refractivity contribution in [3.8, 4) is 0 Å². The van der Waals surface area contributed by atoms with Crippen LogP contribution in [0.25, 0.3) is 0 Å². The average Bonchev–Trinajstić information content (AvgIpc) is 3.75. The molecule has 1 fully saturated rings. The van der Waals surface area contributed by atoms with Gasteiger partial charge in [-0.1, -0.05) is 30.3 Å². The van der Waals surface area contributed by atoms with Crippen molar-refractivity contribution in [1.29, 1.82) is 0 Å². The Morgan fingerprint density at radius 3 is 1.80 bits per heavy atom. The fraction of sp³-hybridized carbons (Fsp3) is 0.556. The van der Waals surface area contributed by atoms with Gasteiger partial charge in [0, 0.05) is 31.7 Å². The highest BCUT2D eigenvalue weighted by atomic mass is 32.1. The monoisotopic (exact) mass is 863 g/mol. The van der Waals surface area contributed by atoms with E-state index in [4.69, 9.17) is 28.0 Å². The maximum absolute atomic E-state index is 14.0. The van der Waals surface area contributed by atoms with Crippen LogP contribution in [0, 0.1) is 0 Å². The molecule has 2 rings (SSSR count). The molecule has 332 valence electrons. The van der Waals surface area contributed by atoms with Crippen LogP contribution in [0.2, 0.25) is 0 Å². The molecule has 1 heterocycles.